The molecule has 1 aromatic carbocycles. The van der Waals surface area contributed by atoms with E-state index >= 15 is 0 Å². The van der Waals surface area contributed by atoms with Crippen LogP contribution in [0.4, 0.5) is 5.69 Å². The maximum atomic E-state index is 11.5. The van der Waals surface area contributed by atoms with Gasteiger partial charge in [0.15, 0.2) is 11.5 Å². The van der Waals surface area contributed by atoms with Crippen molar-refractivity contribution in [3.05, 3.63) is 17.7 Å². The van der Waals surface area contributed by atoms with E-state index in [1.165, 1.54) is 0 Å². The summed E-state index contributed by atoms with van der Waals surface area (Å²) in [5.74, 6) is 1.96. The smallest absolute Gasteiger partial charge is 0.240 e. The molecule has 6 nitrogen and oxygen atoms in total. The number of benzene rings is 1. The van der Waals surface area contributed by atoms with Gasteiger partial charge >= 0.3 is 0 Å². The zero-order valence-corrected chi connectivity index (χ0v) is 11.5. The number of nitrogens with zero attached hydrogens (tertiary/aromatic N) is 2. The molecule has 1 saturated heterocycles. The summed E-state index contributed by atoms with van der Waals surface area (Å²) < 4.78 is 10.6. The van der Waals surface area contributed by atoms with Crippen LogP contribution in [0.3, 0.4) is 0 Å². The lowest BCUT2D eigenvalue weighted by Crippen LogP contribution is -2.42. The van der Waals surface area contributed by atoms with Gasteiger partial charge in [0.05, 0.1) is 19.9 Å². The number of ether oxygens (including phenoxy) is 2. The molecule has 0 bridgehead atoms. The molecule has 2 aliphatic heterocycles. The lowest BCUT2D eigenvalue weighted by atomic mass is 10.1. The number of aliphatic imine (C=N–C) groups is 1. The highest BCUT2D eigenvalue weighted by Gasteiger charge is 2.36. The average molecular weight is 275 g/mol. The molecule has 2 heterocycles. The first kappa shape index (κ1) is 12.8. The fourth-order valence-corrected chi connectivity index (χ4v) is 2.83. The van der Waals surface area contributed by atoms with Crippen LogP contribution in [-0.4, -0.2) is 36.9 Å². The molecule has 2 N–H and O–H groups in total. The van der Waals surface area contributed by atoms with E-state index in [-0.39, 0.29) is 11.9 Å². The maximum absolute atomic E-state index is 11.5. The minimum Gasteiger partial charge on any atom is -0.493 e. The predicted molar refractivity (Wildman–Crippen MR) is 74.4 cm³/mol. The second-order valence-corrected chi connectivity index (χ2v) is 4.95. The van der Waals surface area contributed by atoms with E-state index in [1.54, 1.807) is 14.2 Å². The van der Waals surface area contributed by atoms with Crippen LogP contribution >= 0.6 is 0 Å². The van der Waals surface area contributed by atoms with Crippen molar-refractivity contribution in [2.24, 2.45) is 10.7 Å². The third-order valence-electron chi connectivity index (χ3n) is 3.85. The van der Waals surface area contributed by atoms with E-state index in [2.05, 4.69) is 4.99 Å². The minimum absolute atomic E-state index is 0.255. The zero-order valence-electron chi connectivity index (χ0n) is 11.5. The van der Waals surface area contributed by atoms with Gasteiger partial charge in [0.25, 0.3) is 0 Å². The van der Waals surface area contributed by atoms with Crippen LogP contribution in [0.1, 0.15) is 18.4 Å². The quantitative estimate of drug-likeness (QED) is 0.899. The number of fused-ring (bicyclic) bond motifs is 2. The Morgan fingerprint density at radius 3 is 2.70 bits per heavy atom. The number of amidine groups is 1. The van der Waals surface area contributed by atoms with Crippen LogP contribution in [0, 0.1) is 0 Å². The summed E-state index contributed by atoms with van der Waals surface area (Å²) in [4.78, 5) is 18.1. The molecule has 1 atom stereocenters. The fourth-order valence-electron chi connectivity index (χ4n) is 2.83. The molecule has 0 radical (unpaired) electrons. The number of rotatable bonds is 3. The molecule has 1 fully saturated rings. The van der Waals surface area contributed by atoms with E-state index in [1.807, 2.05) is 17.0 Å². The zero-order chi connectivity index (χ0) is 14.3. The molecule has 0 saturated carbocycles. The molecule has 106 valence electrons. The van der Waals surface area contributed by atoms with Crippen molar-refractivity contribution in [3.63, 3.8) is 0 Å². The molecule has 0 spiro atoms. The van der Waals surface area contributed by atoms with Crippen LogP contribution in [0.5, 0.6) is 11.5 Å². The number of hydrogen-bond acceptors (Lipinski definition) is 5. The van der Waals surface area contributed by atoms with Gasteiger partial charge in [-0.15, -0.1) is 0 Å². The Balaban J connectivity index is 2.01. The van der Waals surface area contributed by atoms with Crippen LogP contribution in [-0.2, 0) is 11.3 Å². The predicted octanol–water partition coefficient (Wildman–Crippen LogP) is 1.20. The summed E-state index contributed by atoms with van der Waals surface area (Å²) >= 11 is 0. The topological polar surface area (TPSA) is 77.1 Å². The van der Waals surface area contributed by atoms with Crippen molar-refractivity contribution in [2.75, 3.05) is 14.2 Å². The first-order valence-corrected chi connectivity index (χ1v) is 6.52. The molecule has 1 aromatic rings. The number of carbonyl (C=O) groups is 1. The lowest BCUT2D eigenvalue weighted by molar-refractivity contribution is -0.121. The van der Waals surface area contributed by atoms with Gasteiger partial charge in [-0.05, 0) is 12.5 Å². The second-order valence-electron chi connectivity index (χ2n) is 4.95. The Bertz CT molecular complexity index is 598. The van der Waals surface area contributed by atoms with Crippen LogP contribution in [0.2, 0.25) is 0 Å². The summed E-state index contributed by atoms with van der Waals surface area (Å²) in [6.45, 7) is 0.627. The SMILES string of the molecule is COc1cc2c(cc1OC)N=C1CC[C@@H](C(N)=O)N1C2. The van der Waals surface area contributed by atoms with Gasteiger partial charge in [0.2, 0.25) is 5.91 Å². The largest absolute Gasteiger partial charge is 0.493 e. The van der Waals surface area contributed by atoms with Crippen LogP contribution in [0.15, 0.2) is 17.1 Å². The molecule has 0 aromatic heterocycles. The normalized spacial score (nSPS) is 20.0. The van der Waals surface area contributed by atoms with E-state index in [0.717, 1.165) is 29.9 Å². The third kappa shape index (κ3) is 1.88. The summed E-state index contributed by atoms with van der Waals surface area (Å²) in [5, 5.41) is 0. The van der Waals surface area contributed by atoms with E-state index in [4.69, 9.17) is 15.2 Å². The number of hydrogen-bond donors (Lipinski definition) is 1. The van der Waals surface area contributed by atoms with Gasteiger partial charge < -0.3 is 20.1 Å². The molecule has 0 unspecified atom stereocenters. The number of methoxy groups -OCH3 is 2. The van der Waals surface area contributed by atoms with E-state index in [0.29, 0.717) is 18.0 Å². The number of primary amides is 1. The minimum atomic E-state index is -0.292. The highest BCUT2D eigenvalue weighted by atomic mass is 16.5. The van der Waals surface area contributed by atoms with Crippen molar-refractivity contribution < 1.29 is 14.3 Å². The Morgan fingerprint density at radius 1 is 1.35 bits per heavy atom. The van der Waals surface area contributed by atoms with Crippen LogP contribution in [0.25, 0.3) is 0 Å². The maximum Gasteiger partial charge on any atom is 0.240 e. The standard InChI is InChI=1S/C14H17N3O3/c1-19-11-5-8-7-17-10(14(15)18)3-4-13(17)16-9(8)6-12(11)20-2/h5-6,10H,3-4,7H2,1-2H3,(H2,15,18)/t10-/m0/s1. The Morgan fingerprint density at radius 2 is 2.05 bits per heavy atom. The molecular formula is C14H17N3O3. The summed E-state index contributed by atoms with van der Waals surface area (Å²) in [6, 6.07) is 3.52. The molecule has 20 heavy (non-hydrogen) atoms. The summed E-state index contributed by atoms with van der Waals surface area (Å²) in [7, 11) is 3.20. The van der Waals surface area contributed by atoms with Crippen molar-refractivity contribution >= 4 is 17.4 Å². The van der Waals surface area contributed by atoms with Crippen molar-refractivity contribution in [2.45, 2.75) is 25.4 Å². The van der Waals surface area contributed by atoms with E-state index in [9.17, 15) is 4.79 Å². The molecule has 2 aliphatic rings. The first-order chi connectivity index (χ1) is 9.63. The molecule has 1 amide bonds. The highest BCUT2D eigenvalue weighted by Crippen LogP contribution is 2.39. The van der Waals surface area contributed by atoms with Crippen molar-refractivity contribution in [1.29, 1.82) is 0 Å². The van der Waals surface area contributed by atoms with Crippen molar-refractivity contribution in [1.82, 2.24) is 4.90 Å². The lowest BCUT2D eigenvalue weighted by Gasteiger charge is -2.29. The highest BCUT2D eigenvalue weighted by molar-refractivity contribution is 5.95. The van der Waals surface area contributed by atoms with Crippen LogP contribution < -0.4 is 15.2 Å². The fraction of sp³-hybridized carbons (Fsp3) is 0.429. The third-order valence-corrected chi connectivity index (χ3v) is 3.85. The number of nitrogens with two attached hydrogens (primary N) is 1. The van der Waals surface area contributed by atoms with Gasteiger partial charge in [0, 0.05) is 24.6 Å². The molecule has 0 aliphatic carbocycles. The molecule has 3 rings (SSSR count). The second kappa shape index (κ2) is 4.70. The monoisotopic (exact) mass is 275 g/mol. The number of carbonyl (C=O) groups excluding carboxylic acids is 1. The molecular weight excluding hydrogens is 258 g/mol. The Kier molecular flexibility index (Phi) is 3.00. The first-order valence-electron chi connectivity index (χ1n) is 6.52. The van der Waals surface area contributed by atoms with Gasteiger partial charge in [-0.2, -0.15) is 0 Å². The van der Waals surface area contributed by atoms with Gasteiger partial charge in [-0.25, -0.2) is 4.99 Å². The molecule has 6 heteroatoms. The van der Waals surface area contributed by atoms with Gasteiger partial charge in [-0.3, -0.25) is 4.79 Å². The van der Waals surface area contributed by atoms with Gasteiger partial charge in [0.1, 0.15) is 11.9 Å². The van der Waals surface area contributed by atoms with E-state index < -0.39 is 0 Å². The summed E-state index contributed by atoms with van der Waals surface area (Å²) in [5.41, 5.74) is 7.33. The Labute approximate surface area is 117 Å². The average Bonchev–Trinajstić information content (AvgIpc) is 2.86. The summed E-state index contributed by atoms with van der Waals surface area (Å²) in [6.07, 6.45) is 1.51. The number of amides is 1. The Hall–Kier alpha value is -2.24. The van der Waals surface area contributed by atoms with Crippen molar-refractivity contribution in [3.8, 4) is 11.5 Å². The van der Waals surface area contributed by atoms with Gasteiger partial charge in [-0.1, -0.05) is 0 Å².